The minimum Gasteiger partial charge on any atom is -0.496 e. The number of nitrogens with one attached hydrogen (secondary N) is 1. The van der Waals surface area contributed by atoms with Crippen molar-refractivity contribution >= 4 is 27.7 Å². The van der Waals surface area contributed by atoms with E-state index >= 15 is 0 Å². The Bertz CT molecular complexity index is 560. The van der Waals surface area contributed by atoms with Crippen molar-refractivity contribution in [2.24, 2.45) is 5.92 Å². The fraction of sp³-hybridized carbons (Fsp3) is 0.467. The molecule has 1 saturated heterocycles. The van der Waals surface area contributed by atoms with E-state index < -0.39 is 6.04 Å². The molecule has 1 fully saturated rings. The maximum Gasteiger partial charge on any atom is 0.243 e. The normalized spacial score (nSPS) is 18.9. The molecule has 1 N–H and O–H groups in total. The predicted molar refractivity (Wildman–Crippen MR) is 82.9 cm³/mol. The van der Waals surface area contributed by atoms with Gasteiger partial charge in [-0.05, 0) is 24.1 Å². The van der Waals surface area contributed by atoms with Gasteiger partial charge in [-0.2, -0.15) is 0 Å². The van der Waals surface area contributed by atoms with Gasteiger partial charge in [0.2, 0.25) is 11.8 Å². The van der Waals surface area contributed by atoms with Gasteiger partial charge in [0.15, 0.2) is 0 Å². The van der Waals surface area contributed by atoms with E-state index in [4.69, 9.17) is 4.74 Å². The maximum absolute atomic E-state index is 12.2. The molecule has 1 aliphatic rings. The van der Waals surface area contributed by atoms with Gasteiger partial charge in [-0.1, -0.05) is 29.8 Å². The van der Waals surface area contributed by atoms with Crippen molar-refractivity contribution in [3.05, 3.63) is 28.2 Å². The number of carbonyl (C=O) groups excluding carboxylic acids is 2. The third-order valence-electron chi connectivity index (χ3n) is 3.55. The third-order valence-corrected chi connectivity index (χ3v) is 4.05. The highest BCUT2D eigenvalue weighted by Gasteiger charge is 2.36. The molecule has 1 atom stereocenters. The molecule has 21 heavy (non-hydrogen) atoms. The van der Waals surface area contributed by atoms with Gasteiger partial charge in [-0.15, -0.1) is 0 Å². The molecule has 1 aromatic carbocycles. The molecule has 6 heteroatoms. The highest BCUT2D eigenvalue weighted by atomic mass is 79.9. The largest absolute Gasteiger partial charge is 0.496 e. The summed E-state index contributed by atoms with van der Waals surface area (Å²) in [7, 11) is 1.59. The molecule has 1 unspecified atom stereocenters. The minimum atomic E-state index is -0.449. The molecule has 2 rings (SSSR count). The Hall–Kier alpha value is -1.56. The highest BCUT2D eigenvalue weighted by Crippen LogP contribution is 2.26. The van der Waals surface area contributed by atoms with Crippen molar-refractivity contribution in [3.8, 4) is 5.75 Å². The molecule has 1 aromatic rings. The molecule has 0 bridgehead atoms. The maximum atomic E-state index is 12.2. The van der Waals surface area contributed by atoms with E-state index in [1.165, 1.54) is 0 Å². The van der Waals surface area contributed by atoms with E-state index in [-0.39, 0.29) is 24.3 Å². The molecule has 0 saturated carbocycles. The Balaban J connectivity index is 2.32. The van der Waals surface area contributed by atoms with Gasteiger partial charge in [0, 0.05) is 10.0 Å². The number of hydrogen-bond acceptors (Lipinski definition) is 3. The SMILES string of the molecule is COc1ccc(Br)cc1CN1C(=O)CNC(=O)C1C(C)C. The zero-order valence-electron chi connectivity index (χ0n) is 12.4. The molecule has 114 valence electrons. The fourth-order valence-corrected chi connectivity index (χ4v) is 2.98. The van der Waals surface area contributed by atoms with Gasteiger partial charge in [0.05, 0.1) is 20.2 Å². The second-order valence-corrected chi connectivity index (χ2v) is 6.30. The summed E-state index contributed by atoms with van der Waals surface area (Å²) in [5.41, 5.74) is 0.876. The van der Waals surface area contributed by atoms with Crippen LogP contribution in [0.1, 0.15) is 19.4 Å². The lowest BCUT2D eigenvalue weighted by atomic mass is 9.98. The first kappa shape index (κ1) is 15.8. The standard InChI is InChI=1S/C15H19BrN2O3/c1-9(2)14-15(20)17-7-13(19)18(14)8-10-6-11(16)4-5-12(10)21-3/h4-6,9,14H,7-8H2,1-3H3,(H,17,20). The predicted octanol–water partition coefficient (Wildman–Crippen LogP) is 1.94. The quantitative estimate of drug-likeness (QED) is 0.898. The van der Waals surface area contributed by atoms with Crippen molar-refractivity contribution in [1.82, 2.24) is 10.2 Å². The topological polar surface area (TPSA) is 58.6 Å². The second kappa shape index (κ2) is 6.47. The van der Waals surface area contributed by atoms with Gasteiger partial charge in [0.25, 0.3) is 0 Å². The first-order chi connectivity index (χ1) is 9.93. The number of amides is 2. The zero-order chi connectivity index (χ0) is 15.6. The first-order valence-electron chi connectivity index (χ1n) is 6.83. The Kier molecular flexibility index (Phi) is 4.88. The lowest BCUT2D eigenvalue weighted by Crippen LogP contribution is -2.59. The monoisotopic (exact) mass is 354 g/mol. The summed E-state index contributed by atoms with van der Waals surface area (Å²) in [6.45, 7) is 4.29. The van der Waals surface area contributed by atoms with E-state index in [0.29, 0.717) is 12.3 Å². The van der Waals surface area contributed by atoms with Gasteiger partial charge < -0.3 is 15.0 Å². The van der Waals surface area contributed by atoms with Crippen LogP contribution in [0.3, 0.4) is 0 Å². The number of halogens is 1. The van der Waals surface area contributed by atoms with Gasteiger partial charge in [0.1, 0.15) is 11.8 Å². The fourth-order valence-electron chi connectivity index (χ4n) is 2.57. The number of methoxy groups -OCH3 is 1. The van der Waals surface area contributed by atoms with E-state index in [0.717, 1.165) is 10.0 Å². The summed E-state index contributed by atoms with van der Waals surface area (Å²) < 4.78 is 6.25. The van der Waals surface area contributed by atoms with Crippen molar-refractivity contribution in [3.63, 3.8) is 0 Å². The Morgan fingerprint density at radius 3 is 2.76 bits per heavy atom. The summed E-state index contributed by atoms with van der Waals surface area (Å²) >= 11 is 3.42. The Labute approximate surface area is 132 Å². The van der Waals surface area contributed by atoms with Crippen LogP contribution >= 0.6 is 15.9 Å². The van der Waals surface area contributed by atoms with E-state index in [1.807, 2.05) is 32.0 Å². The molecule has 0 radical (unpaired) electrons. The van der Waals surface area contributed by atoms with Crippen LogP contribution in [0.2, 0.25) is 0 Å². The van der Waals surface area contributed by atoms with Crippen molar-refractivity contribution < 1.29 is 14.3 Å². The van der Waals surface area contributed by atoms with Crippen molar-refractivity contribution in [1.29, 1.82) is 0 Å². The highest BCUT2D eigenvalue weighted by molar-refractivity contribution is 9.10. The number of piperazine rings is 1. The number of ether oxygens (including phenoxy) is 1. The number of hydrogen-bond donors (Lipinski definition) is 1. The summed E-state index contributed by atoms with van der Waals surface area (Å²) in [5, 5.41) is 2.65. The van der Waals surface area contributed by atoms with Crippen LogP contribution in [-0.2, 0) is 16.1 Å². The van der Waals surface area contributed by atoms with E-state index in [9.17, 15) is 9.59 Å². The second-order valence-electron chi connectivity index (χ2n) is 5.38. The first-order valence-corrected chi connectivity index (χ1v) is 7.63. The third kappa shape index (κ3) is 3.37. The van der Waals surface area contributed by atoms with Crippen molar-refractivity contribution in [2.75, 3.05) is 13.7 Å². The summed E-state index contributed by atoms with van der Waals surface area (Å²) in [6, 6.07) is 5.19. The summed E-state index contributed by atoms with van der Waals surface area (Å²) in [4.78, 5) is 25.9. The van der Waals surface area contributed by atoms with Gasteiger partial charge >= 0.3 is 0 Å². The van der Waals surface area contributed by atoms with E-state index in [2.05, 4.69) is 21.2 Å². The van der Waals surface area contributed by atoms with Crippen LogP contribution in [0.5, 0.6) is 5.75 Å². The molecule has 2 amide bonds. The van der Waals surface area contributed by atoms with Crippen molar-refractivity contribution in [2.45, 2.75) is 26.4 Å². The summed E-state index contributed by atoms with van der Waals surface area (Å²) in [6.07, 6.45) is 0. The number of rotatable bonds is 4. The smallest absolute Gasteiger partial charge is 0.243 e. The Morgan fingerprint density at radius 1 is 1.43 bits per heavy atom. The molecule has 0 aromatic heterocycles. The van der Waals surface area contributed by atoms with Crippen LogP contribution in [0, 0.1) is 5.92 Å². The van der Waals surface area contributed by atoms with Crippen LogP contribution in [0.4, 0.5) is 0 Å². The van der Waals surface area contributed by atoms with Gasteiger partial charge in [-0.25, -0.2) is 0 Å². The van der Waals surface area contributed by atoms with Crippen LogP contribution in [0.15, 0.2) is 22.7 Å². The average molecular weight is 355 g/mol. The minimum absolute atomic E-state index is 0.0485. The molecular weight excluding hydrogens is 336 g/mol. The molecule has 1 heterocycles. The lowest BCUT2D eigenvalue weighted by molar-refractivity contribution is -0.148. The number of carbonyl (C=O) groups is 2. The van der Waals surface area contributed by atoms with Crippen LogP contribution in [-0.4, -0.2) is 36.4 Å². The molecule has 0 aliphatic carbocycles. The molecule has 1 aliphatic heterocycles. The molecule has 0 spiro atoms. The molecule has 5 nitrogen and oxygen atoms in total. The lowest BCUT2D eigenvalue weighted by Gasteiger charge is -2.37. The van der Waals surface area contributed by atoms with Crippen LogP contribution in [0.25, 0.3) is 0 Å². The van der Waals surface area contributed by atoms with Crippen LogP contribution < -0.4 is 10.1 Å². The van der Waals surface area contributed by atoms with Gasteiger partial charge in [-0.3, -0.25) is 9.59 Å². The average Bonchev–Trinajstić information content (AvgIpc) is 2.43. The Morgan fingerprint density at radius 2 is 2.14 bits per heavy atom. The zero-order valence-corrected chi connectivity index (χ0v) is 13.9. The number of benzene rings is 1. The molecular formula is C15H19BrN2O3. The van der Waals surface area contributed by atoms with E-state index in [1.54, 1.807) is 12.0 Å². The summed E-state index contributed by atoms with van der Waals surface area (Å²) in [5.74, 6) is 0.584. The number of nitrogens with zero attached hydrogens (tertiary/aromatic N) is 1.